The molecule has 0 fully saturated rings. The molecule has 33 heavy (non-hydrogen) atoms. The minimum absolute atomic E-state index is 0.110. The fraction of sp³-hybridized carbons (Fsp3) is 0.190. The summed E-state index contributed by atoms with van der Waals surface area (Å²) in [5.74, 6) is -0.376. The first-order valence-electron chi connectivity index (χ1n) is 9.74. The molecule has 0 spiro atoms. The van der Waals surface area contributed by atoms with Crippen molar-refractivity contribution in [1.82, 2.24) is 20.1 Å². The van der Waals surface area contributed by atoms with Gasteiger partial charge in [0.1, 0.15) is 6.54 Å². The first-order valence-corrected chi connectivity index (χ1v) is 10.7. The van der Waals surface area contributed by atoms with E-state index in [4.69, 9.17) is 9.47 Å². The molecule has 3 N–H and O–H groups in total. The van der Waals surface area contributed by atoms with Gasteiger partial charge in [-0.3, -0.25) is 19.5 Å². The van der Waals surface area contributed by atoms with Crippen LogP contribution < -0.4 is 20.1 Å². The van der Waals surface area contributed by atoms with E-state index < -0.39 is 17.9 Å². The number of hydrogen-bond acceptors (Lipinski definition) is 8. The van der Waals surface area contributed by atoms with Crippen molar-refractivity contribution >= 4 is 35.4 Å². The molecule has 0 radical (unpaired) electrons. The van der Waals surface area contributed by atoms with Crippen LogP contribution in [0.4, 0.5) is 10.5 Å². The van der Waals surface area contributed by atoms with Crippen molar-refractivity contribution in [2.24, 2.45) is 0 Å². The number of thioether (sulfide) groups is 1. The number of nitrogens with one attached hydrogen (secondary N) is 2. The molecular formula is C21H19N5O6S. The van der Waals surface area contributed by atoms with E-state index >= 15 is 0 Å². The Labute approximate surface area is 192 Å². The number of aromatic nitrogens is 3. The first-order chi connectivity index (χ1) is 15.9. The summed E-state index contributed by atoms with van der Waals surface area (Å²) < 4.78 is 11.9. The molecule has 2 heterocycles. The average molecular weight is 469 g/mol. The molecule has 1 aliphatic rings. The Bertz CT molecular complexity index is 1210. The van der Waals surface area contributed by atoms with Gasteiger partial charge in [-0.25, -0.2) is 4.79 Å². The molecule has 3 aromatic rings. The number of carbonyl (C=O) groups excluding carboxylic acids is 2. The van der Waals surface area contributed by atoms with Crippen LogP contribution in [0.1, 0.15) is 5.56 Å². The quantitative estimate of drug-likeness (QED) is 0.444. The molecule has 12 heteroatoms. The summed E-state index contributed by atoms with van der Waals surface area (Å²) in [7, 11) is 0. The highest BCUT2D eigenvalue weighted by Gasteiger charge is 2.19. The first kappa shape index (κ1) is 22.1. The predicted molar refractivity (Wildman–Crippen MR) is 118 cm³/mol. The lowest BCUT2D eigenvalue weighted by atomic mass is 10.1. The summed E-state index contributed by atoms with van der Waals surface area (Å²) >= 11 is 0.978. The van der Waals surface area contributed by atoms with E-state index in [1.165, 1.54) is 4.57 Å². The van der Waals surface area contributed by atoms with Crippen molar-refractivity contribution in [2.75, 3.05) is 17.9 Å². The Hall–Kier alpha value is -4.06. The maximum Gasteiger partial charge on any atom is 0.325 e. The van der Waals surface area contributed by atoms with Crippen LogP contribution in [0, 0.1) is 6.92 Å². The number of hydrogen-bond donors (Lipinski definition) is 3. The number of carbonyl (C=O) groups is 3. The van der Waals surface area contributed by atoms with Crippen LogP contribution in [0.5, 0.6) is 11.5 Å². The van der Waals surface area contributed by atoms with Crippen molar-refractivity contribution in [3.05, 3.63) is 48.0 Å². The van der Waals surface area contributed by atoms with E-state index in [0.29, 0.717) is 28.6 Å². The van der Waals surface area contributed by atoms with E-state index in [9.17, 15) is 19.5 Å². The summed E-state index contributed by atoms with van der Waals surface area (Å²) in [5, 5.41) is 22.4. The predicted octanol–water partition coefficient (Wildman–Crippen LogP) is 2.51. The molecule has 0 atom stereocenters. The highest BCUT2D eigenvalue weighted by Crippen LogP contribution is 2.34. The maximum absolute atomic E-state index is 12.2. The van der Waals surface area contributed by atoms with Gasteiger partial charge in [0.2, 0.25) is 12.7 Å². The zero-order chi connectivity index (χ0) is 23.4. The van der Waals surface area contributed by atoms with Gasteiger partial charge in [0.25, 0.3) is 0 Å². The number of aliphatic carboxylic acids is 1. The Morgan fingerprint density at radius 2 is 1.85 bits per heavy atom. The Morgan fingerprint density at radius 1 is 1.09 bits per heavy atom. The molecule has 2 aromatic carbocycles. The molecule has 0 saturated heterocycles. The number of fused-ring (bicyclic) bond motifs is 1. The van der Waals surface area contributed by atoms with E-state index in [1.54, 1.807) is 18.2 Å². The van der Waals surface area contributed by atoms with Crippen LogP contribution >= 0.6 is 11.8 Å². The summed E-state index contributed by atoms with van der Waals surface area (Å²) in [4.78, 5) is 35.7. The topological polar surface area (TPSA) is 145 Å². The molecule has 0 aliphatic carbocycles. The Kier molecular flexibility index (Phi) is 6.45. The van der Waals surface area contributed by atoms with Crippen LogP contribution in [-0.2, 0) is 16.1 Å². The lowest BCUT2D eigenvalue weighted by Crippen LogP contribution is -2.35. The van der Waals surface area contributed by atoms with Crippen molar-refractivity contribution in [2.45, 2.75) is 18.6 Å². The Morgan fingerprint density at radius 3 is 2.61 bits per heavy atom. The number of benzene rings is 2. The number of rotatable bonds is 7. The lowest BCUT2D eigenvalue weighted by Gasteiger charge is -2.09. The molecule has 0 saturated carbocycles. The molecule has 3 amide bonds. The van der Waals surface area contributed by atoms with Gasteiger partial charge in [0.15, 0.2) is 22.5 Å². The van der Waals surface area contributed by atoms with Crippen molar-refractivity contribution < 1.29 is 29.0 Å². The maximum atomic E-state index is 12.2. The molecule has 1 aromatic heterocycles. The zero-order valence-corrected chi connectivity index (χ0v) is 18.2. The zero-order valence-electron chi connectivity index (χ0n) is 17.4. The average Bonchev–Trinajstić information content (AvgIpc) is 3.39. The SMILES string of the molecule is Cc1ccc(-c2nnc(SCC(=O)NC(=O)Nc3ccc4c(c3)OCO4)n2CC(=O)O)cc1. The normalized spacial score (nSPS) is 11.8. The third-order valence-corrected chi connectivity index (χ3v) is 5.50. The minimum Gasteiger partial charge on any atom is -0.480 e. The van der Waals surface area contributed by atoms with Crippen LogP contribution in [0.25, 0.3) is 11.4 Å². The van der Waals surface area contributed by atoms with Crippen molar-refractivity contribution in [3.8, 4) is 22.9 Å². The second-order valence-electron chi connectivity index (χ2n) is 7.01. The standard InChI is InChI=1S/C21H19N5O6S/c1-12-2-4-13(5-3-12)19-24-25-21(26(19)9-18(28)29)33-10-17(27)23-20(30)22-14-6-7-15-16(8-14)32-11-31-15/h2-8H,9-11H2,1H3,(H,28,29)(H2,22,23,27,30). The summed E-state index contributed by atoms with van der Waals surface area (Å²) in [6.07, 6.45) is 0. The highest BCUT2D eigenvalue weighted by molar-refractivity contribution is 7.99. The van der Waals surface area contributed by atoms with Gasteiger partial charge < -0.3 is 19.9 Å². The number of anilines is 1. The van der Waals surface area contributed by atoms with E-state index in [1.807, 2.05) is 31.2 Å². The fourth-order valence-electron chi connectivity index (χ4n) is 3.02. The van der Waals surface area contributed by atoms with E-state index in [2.05, 4.69) is 20.8 Å². The fourth-order valence-corrected chi connectivity index (χ4v) is 3.76. The number of imide groups is 1. The van der Waals surface area contributed by atoms with Gasteiger partial charge in [-0.15, -0.1) is 10.2 Å². The van der Waals surface area contributed by atoms with Gasteiger partial charge in [0, 0.05) is 17.3 Å². The summed E-state index contributed by atoms with van der Waals surface area (Å²) in [5.41, 5.74) is 2.18. The van der Waals surface area contributed by atoms with Gasteiger partial charge >= 0.3 is 12.0 Å². The number of amides is 3. The summed E-state index contributed by atoms with van der Waals surface area (Å²) in [6, 6.07) is 11.5. The number of urea groups is 1. The van der Waals surface area contributed by atoms with Crippen LogP contribution in [0.2, 0.25) is 0 Å². The largest absolute Gasteiger partial charge is 0.480 e. The van der Waals surface area contributed by atoms with Gasteiger partial charge in [-0.1, -0.05) is 41.6 Å². The number of nitrogens with zero attached hydrogens (tertiary/aromatic N) is 3. The van der Waals surface area contributed by atoms with Crippen LogP contribution in [0.15, 0.2) is 47.6 Å². The monoisotopic (exact) mass is 469 g/mol. The number of carboxylic acid groups (broad SMARTS) is 1. The van der Waals surface area contributed by atoms with E-state index in [0.717, 1.165) is 17.3 Å². The molecule has 1 aliphatic heterocycles. The van der Waals surface area contributed by atoms with Gasteiger partial charge in [-0.2, -0.15) is 0 Å². The molecule has 0 unspecified atom stereocenters. The molecule has 170 valence electrons. The second-order valence-corrected chi connectivity index (χ2v) is 7.95. The molecule has 4 rings (SSSR count). The number of aryl methyl sites for hydroxylation is 1. The third-order valence-electron chi connectivity index (χ3n) is 4.54. The minimum atomic E-state index is -1.07. The lowest BCUT2D eigenvalue weighted by molar-refractivity contribution is -0.137. The smallest absolute Gasteiger partial charge is 0.325 e. The third kappa shape index (κ3) is 5.41. The molecule has 0 bridgehead atoms. The van der Waals surface area contributed by atoms with Crippen molar-refractivity contribution in [1.29, 1.82) is 0 Å². The Balaban J connectivity index is 1.37. The number of ether oxygens (including phenoxy) is 2. The molecular weight excluding hydrogens is 450 g/mol. The van der Waals surface area contributed by atoms with Gasteiger partial charge in [0.05, 0.1) is 5.75 Å². The van der Waals surface area contributed by atoms with Gasteiger partial charge in [-0.05, 0) is 19.1 Å². The van der Waals surface area contributed by atoms with Crippen LogP contribution in [0.3, 0.4) is 0 Å². The number of carboxylic acids is 1. The molecule has 11 nitrogen and oxygen atoms in total. The highest BCUT2D eigenvalue weighted by atomic mass is 32.2. The summed E-state index contributed by atoms with van der Waals surface area (Å²) in [6.45, 7) is 1.68. The van der Waals surface area contributed by atoms with Crippen LogP contribution in [-0.4, -0.2) is 50.3 Å². The second kappa shape index (κ2) is 9.61. The van der Waals surface area contributed by atoms with E-state index in [-0.39, 0.29) is 24.2 Å². The van der Waals surface area contributed by atoms with Crippen molar-refractivity contribution in [3.63, 3.8) is 0 Å².